The Labute approximate surface area is 492 Å². The maximum absolute atomic E-state index is 12.1. The summed E-state index contributed by atoms with van der Waals surface area (Å²) in [6, 6.07) is 0. The Morgan fingerprint density at radius 1 is 0.553 bits per heavy atom. The maximum atomic E-state index is 12.1. The van der Waals surface area contributed by atoms with Gasteiger partial charge in [-0.2, -0.15) is 0 Å². The summed E-state index contributed by atoms with van der Waals surface area (Å²) in [7, 11) is 0. The first-order valence-corrected chi connectivity index (χ1v) is 30.4. The first-order valence-electron chi connectivity index (χ1n) is 30.4. The van der Waals surface area contributed by atoms with Crippen LogP contribution in [0.5, 0.6) is 0 Å². The van der Waals surface area contributed by atoms with Crippen LogP contribution in [-0.2, 0) is 52.1 Å². The number of aliphatic hydroxyl groups excluding tert-OH is 16. The molecular formula is C57H94O28. The number of hydrogen-bond donors (Lipinski definition) is 17. The fourth-order valence-electron chi connectivity index (χ4n) is 16.5. The van der Waals surface area contributed by atoms with Crippen molar-refractivity contribution in [2.75, 3.05) is 33.0 Å². The molecule has 6 heterocycles. The van der Waals surface area contributed by atoms with E-state index < -0.39 is 192 Å². The molecule has 0 bridgehead atoms. The Kier molecular flexibility index (Phi) is 20.6. The number of allylic oxidation sites excluding steroid dienone is 1. The quantitative estimate of drug-likeness (QED) is 0.0571. The van der Waals surface area contributed by atoms with E-state index >= 15 is 0 Å². The molecule has 0 amide bonds. The fourth-order valence-corrected chi connectivity index (χ4v) is 16.5. The summed E-state index contributed by atoms with van der Waals surface area (Å²) >= 11 is 0. The second-order valence-electron chi connectivity index (χ2n) is 26.6. The minimum atomic E-state index is -2.03. The van der Waals surface area contributed by atoms with E-state index in [1.54, 1.807) is 0 Å². The topological polar surface area (TPSA) is 445 Å². The number of rotatable bonds is 18. The zero-order valence-electron chi connectivity index (χ0n) is 48.6. The van der Waals surface area contributed by atoms with E-state index in [2.05, 4.69) is 26.8 Å². The van der Waals surface area contributed by atoms with Crippen LogP contribution in [0.15, 0.2) is 11.6 Å². The third kappa shape index (κ3) is 12.2. The van der Waals surface area contributed by atoms with Crippen LogP contribution in [0.1, 0.15) is 92.4 Å². The maximum Gasteiger partial charge on any atom is 0.187 e. The lowest BCUT2D eigenvalue weighted by atomic mass is 9.47. The lowest BCUT2D eigenvalue weighted by Gasteiger charge is -2.58. The SMILES string of the molecule is CC(CCC1(O)O[C@H]2C[C@H]3[C@@H]4CC=C5C[C@@H](O[C@@H]6O[C@H](CO)[C@@H](O[C@@H]7O[C@H](CO)[C@@H](O)[C@H](O[C@@H]8O[C@H](C)[C@@H](O)[C@H](O)[C@@H]8O)[C@H]7O[C@@H]7O[C@H](CO)[C@@H](O)[C@H](O)[C@H]7O)[C@H](O)[C@H]6O)CC[C@]5(C)[C@H]4CC[C@]3(C)[C@H]2[C@@H]1C)CO[C@@H]1O[C@H](CO)[C@@H](O)[C@H](O)[C@H]1O. The number of aliphatic hydroxyl groups is 17. The van der Waals surface area contributed by atoms with Crippen molar-refractivity contribution in [2.45, 2.75) is 264 Å². The third-order valence-corrected chi connectivity index (χ3v) is 21.6. The average molecular weight is 1230 g/mol. The van der Waals surface area contributed by atoms with Gasteiger partial charge in [-0.3, -0.25) is 0 Å². The molecule has 9 fully saturated rings. The third-order valence-electron chi connectivity index (χ3n) is 21.6. The molecule has 0 radical (unpaired) electrons. The molecule has 4 aliphatic carbocycles. The van der Waals surface area contributed by atoms with Crippen LogP contribution in [0.2, 0.25) is 0 Å². The van der Waals surface area contributed by atoms with Crippen molar-refractivity contribution >= 4 is 0 Å². The van der Waals surface area contributed by atoms with Gasteiger partial charge in [0.25, 0.3) is 0 Å². The van der Waals surface area contributed by atoms with Crippen LogP contribution < -0.4 is 0 Å². The van der Waals surface area contributed by atoms with Crippen LogP contribution in [-0.4, -0.2) is 291 Å². The molecule has 85 heavy (non-hydrogen) atoms. The number of hydrogen-bond acceptors (Lipinski definition) is 28. The van der Waals surface area contributed by atoms with E-state index in [0.29, 0.717) is 43.4 Å². The van der Waals surface area contributed by atoms with E-state index in [4.69, 9.17) is 52.1 Å². The Hall–Kier alpha value is -1.38. The minimum Gasteiger partial charge on any atom is -0.394 e. The second-order valence-corrected chi connectivity index (χ2v) is 26.6. The van der Waals surface area contributed by atoms with Crippen molar-refractivity contribution in [3.63, 3.8) is 0 Å². The molecule has 6 aliphatic heterocycles. The molecule has 0 aromatic carbocycles. The van der Waals surface area contributed by atoms with Crippen molar-refractivity contribution in [1.82, 2.24) is 0 Å². The highest BCUT2D eigenvalue weighted by atomic mass is 16.8. The minimum absolute atomic E-state index is 0.0869. The lowest BCUT2D eigenvalue weighted by Crippen LogP contribution is -2.68. The van der Waals surface area contributed by atoms with Crippen molar-refractivity contribution in [3.8, 4) is 0 Å². The summed E-state index contributed by atoms with van der Waals surface area (Å²) < 4.78 is 66.2. The van der Waals surface area contributed by atoms with E-state index in [1.165, 1.54) is 12.5 Å². The van der Waals surface area contributed by atoms with Crippen LogP contribution in [0.4, 0.5) is 0 Å². The van der Waals surface area contributed by atoms with Gasteiger partial charge in [-0.15, -0.1) is 0 Å². The summed E-state index contributed by atoms with van der Waals surface area (Å²) in [5.74, 6) is -0.417. The molecule has 3 saturated carbocycles. The summed E-state index contributed by atoms with van der Waals surface area (Å²) in [5.41, 5.74) is 0.970. The van der Waals surface area contributed by atoms with Gasteiger partial charge in [0, 0.05) is 12.3 Å². The van der Waals surface area contributed by atoms with Gasteiger partial charge in [-0.1, -0.05) is 39.3 Å². The highest BCUT2D eigenvalue weighted by molar-refractivity contribution is 5.26. The normalized spacial score (nSPS) is 54.8. The molecule has 490 valence electrons. The van der Waals surface area contributed by atoms with E-state index in [0.717, 1.165) is 32.1 Å². The predicted octanol–water partition coefficient (Wildman–Crippen LogP) is -5.18. The average Bonchev–Trinajstić information content (AvgIpc) is 1.82. The standard InChI is InChI=1S/C57H94O28/c1-21(20-75-50-43(70)40(67)36(63)30(16-58)78-50)8-13-57(74)22(2)34-29(85-57)15-28-26-7-6-24-14-25(9-11-55(24,4)27(26)10-12-56(28,34)5)77-52-46(73)42(69)47(33(19-61)81-52)82-54-49(84-53-45(72)41(68)37(64)31(17-59)79-53)48(38(65)32(18-60)80-54)83-51-44(71)39(66)35(62)23(3)76-51/h6,21-23,25-54,58-74H,7-20H2,1-5H3/t21?,22-,23+,25-,26+,27-,28-,29-,30+,31+,32+,33+,34-,35+,36+,37+,38+,39-,40-,41-,42+,43+,44-,45+,46+,47+,48-,49+,50+,51-,52+,53-,54-,55-,56-,57?/m0/s1. The van der Waals surface area contributed by atoms with Gasteiger partial charge in [-0.25, -0.2) is 0 Å². The molecule has 28 nitrogen and oxygen atoms in total. The van der Waals surface area contributed by atoms with Gasteiger partial charge in [0.2, 0.25) is 0 Å². The summed E-state index contributed by atoms with van der Waals surface area (Å²) in [6.07, 6.45) is -33.8. The Balaban J connectivity index is 0.776. The van der Waals surface area contributed by atoms with Crippen molar-refractivity contribution in [2.24, 2.45) is 46.3 Å². The molecule has 2 unspecified atom stereocenters. The second kappa shape index (κ2) is 26.3. The highest BCUT2D eigenvalue weighted by Crippen LogP contribution is 2.70. The zero-order chi connectivity index (χ0) is 61.5. The molecule has 0 aromatic rings. The van der Waals surface area contributed by atoms with Gasteiger partial charge < -0.3 is 139 Å². The molecule has 6 saturated heterocycles. The molecule has 10 aliphatic rings. The Morgan fingerprint density at radius 3 is 1.73 bits per heavy atom. The van der Waals surface area contributed by atoms with E-state index in [-0.39, 0.29) is 41.3 Å². The highest BCUT2D eigenvalue weighted by Gasteiger charge is 2.68. The Morgan fingerprint density at radius 2 is 1.08 bits per heavy atom. The van der Waals surface area contributed by atoms with Crippen LogP contribution in [0.25, 0.3) is 0 Å². The van der Waals surface area contributed by atoms with Crippen LogP contribution >= 0.6 is 0 Å². The van der Waals surface area contributed by atoms with Crippen molar-refractivity contribution < 1.29 is 139 Å². The molecule has 36 atom stereocenters. The number of fused-ring (bicyclic) bond motifs is 7. The molecule has 0 spiro atoms. The fraction of sp³-hybridized carbons (Fsp3) is 0.965. The van der Waals surface area contributed by atoms with Gasteiger partial charge in [0.1, 0.15) is 116 Å². The summed E-state index contributed by atoms with van der Waals surface area (Å²) in [6.45, 7) is 7.07. The van der Waals surface area contributed by atoms with Gasteiger partial charge in [-0.05, 0) is 98.7 Å². The van der Waals surface area contributed by atoms with E-state index in [1.807, 2.05) is 6.92 Å². The van der Waals surface area contributed by atoms with Gasteiger partial charge in [0.05, 0.1) is 51.3 Å². The number of ether oxygens (including phenoxy) is 11. The first kappa shape index (κ1) is 66.5. The molecule has 17 N–H and O–H groups in total. The van der Waals surface area contributed by atoms with Crippen molar-refractivity contribution in [1.29, 1.82) is 0 Å². The van der Waals surface area contributed by atoms with Crippen LogP contribution in [0.3, 0.4) is 0 Å². The smallest absolute Gasteiger partial charge is 0.187 e. The summed E-state index contributed by atoms with van der Waals surface area (Å²) in [4.78, 5) is 0. The molecular weight excluding hydrogens is 1130 g/mol. The zero-order valence-corrected chi connectivity index (χ0v) is 48.6. The molecule has 0 aromatic heterocycles. The monoisotopic (exact) mass is 1230 g/mol. The van der Waals surface area contributed by atoms with E-state index in [9.17, 15) is 86.8 Å². The van der Waals surface area contributed by atoms with Gasteiger partial charge >= 0.3 is 0 Å². The molecule has 28 heteroatoms. The molecule has 10 rings (SSSR count). The first-order chi connectivity index (χ1) is 40.2. The Bertz CT molecular complexity index is 2230. The predicted molar refractivity (Wildman–Crippen MR) is 283 cm³/mol. The summed E-state index contributed by atoms with van der Waals surface area (Å²) in [5, 5.41) is 183. The lowest BCUT2D eigenvalue weighted by molar-refractivity contribution is -0.406. The van der Waals surface area contributed by atoms with Crippen LogP contribution in [0, 0.1) is 46.3 Å². The van der Waals surface area contributed by atoms with Crippen molar-refractivity contribution in [3.05, 3.63) is 11.6 Å². The van der Waals surface area contributed by atoms with Gasteiger partial charge in [0.15, 0.2) is 37.2 Å². The largest absolute Gasteiger partial charge is 0.394 e.